The van der Waals surface area contributed by atoms with Gasteiger partial charge in [0, 0.05) is 17.8 Å². The van der Waals surface area contributed by atoms with Gasteiger partial charge in [0.1, 0.15) is 0 Å². The zero-order chi connectivity index (χ0) is 13.1. The number of rotatable bonds is 3. The number of pyridine rings is 1. The molecule has 0 radical (unpaired) electrons. The second-order valence-electron chi connectivity index (χ2n) is 6.45. The number of fused-ring (bicyclic) bond motifs is 1. The summed E-state index contributed by atoms with van der Waals surface area (Å²) in [4.78, 5) is 4.08. The van der Waals surface area contributed by atoms with E-state index in [4.69, 9.17) is 11.6 Å². The van der Waals surface area contributed by atoms with Gasteiger partial charge < -0.3 is 0 Å². The molecule has 0 amide bonds. The van der Waals surface area contributed by atoms with Crippen molar-refractivity contribution in [2.24, 2.45) is 17.8 Å². The standard InChI is InChI=1S/C17H24ClN/c18-17(11-13-7-9-19-10-8-13)16-6-5-14-3-1-2-4-15(14)12-16/h7-10,14-17H,1-6,11-12H2. The van der Waals surface area contributed by atoms with Gasteiger partial charge in [-0.25, -0.2) is 0 Å². The maximum absolute atomic E-state index is 6.70. The van der Waals surface area contributed by atoms with Crippen LogP contribution >= 0.6 is 11.6 Å². The normalized spacial score (nSPS) is 32.6. The minimum atomic E-state index is 0.310. The number of aromatic nitrogens is 1. The summed E-state index contributed by atoms with van der Waals surface area (Å²) in [6, 6.07) is 4.20. The largest absolute Gasteiger partial charge is 0.265 e. The third-order valence-electron chi connectivity index (χ3n) is 5.27. The van der Waals surface area contributed by atoms with Crippen LogP contribution in [0.2, 0.25) is 0 Å². The summed E-state index contributed by atoms with van der Waals surface area (Å²) in [6.45, 7) is 0. The molecule has 3 rings (SSSR count). The van der Waals surface area contributed by atoms with Crippen LogP contribution in [0, 0.1) is 17.8 Å². The molecule has 0 aromatic carbocycles. The fourth-order valence-electron chi connectivity index (χ4n) is 4.15. The molecule has 4 atom stereocenters. The summed E-state index contributed by atoms with van der Waals surface area (Å²) in [6.07, 6.45) is 14.8. The molecule has 1 aromatic rings. The van der Waals surface area contributed by atoms with E-state index in [1.807, 2.05) is 12.4 Å². The Labute approximate surface area is 121 Å². The first-order valence-electron chi connectivity index (χ1n) is 7.86. The van der Waals surface area contributed by atoms with Crippen molar-refractivity contribution in [3.8, 4) is 0 Å². The van der Waals surface area contributed by atoms with Gasteiger partial charge in [-0.1, -0.05) is 25.7 Å². The van der Waals surface area contributed by atoms with Crippen LogP contribution in [0.5, 0.6) is 0 Å². The summed E-state index contributed by atoms with van der Waals surface area (Å²) < 4.78 is 0. The average molecular weight is 278 g/mol. The minimum absolute atomic E-state index is 0.310. The summed E-state index contributed by atoms with van der Waals surface area (Å²) in [7, 11) is 0. The molecule has 1 heterocycles. The molecular formula is C17H24ClN. The highest BCUT2D eigenvalue weighted by Crippen LogP contribution is 2.44. The van der Waals surface area contributed by atoms with Gasteiger partial charge in [-0.15, -0.1) is 11.6 Å². The molecule has 0 saturated heterocycles. The van der Waals surface area contributed by atoms with Crippen LogP contribution in [0.1, 0.15) is 50.5 Å². The molecule has 2 heteroatoms. The Balaban J connectivity index is 1.57. The van der Waals surface area contributed by atoms with Crippen molar-refractivity contribution < 1.29 is 0 Å². The maximum atomic E-state index is 6.70. The number of alkyl halides is 1. The fraction of sp³-hybridized carbons (Fsp3) is 0.706. The quantitative estimate of drug-likeness (QED) is 0.721. The fourth-order valence-corrected chi connectivity index (χ4v) is 4.56. The van der Waals surface area contributed by atoms with E-state index in [9.17, 15) is 0 Å². The van der Waals surface area contributed by atoms with Gasteiger partial charge in [-0.3, -0.25) is 4.98 Å². The van der Waals surface area contributed by atoms with E-state index in [0.717, 1.165) is 24.2 Å². The second kappa shape index (κ2) is 6.26. The van der Waals surface area contributed by atoms with E-state index in [0.29, 0.717) is 5.38 Å². The Bertz CT molecular complexity index is 392. The Morgan fingerprint density at radius 1 is 1.05 bits per heavy atom. The van der Waals surface area contributed by atoms with Crippen LogP contribution < -0.4 is 0 Å². The Morgan fingerprint density at radius 3 is 2.58 bits per heavy atom. The van der Waals surface area contributed by atoms with Crippen LogP contribution in [0.15, 0.2) is 24.5 Å². The van der Waals surface area contributed by atoms with Crippen LogP contribution in [0.4, 0.5) is 0 Å². The first-order valence-corrected chi connectivity index (χ1v) is 8.29. The Kier molecular flexibility index (Phi) is 4.42. The van der Waals surface area contributed by atoms with Gasteiger partial charge in [0.15, 0.2) is 0 Å². The average Bonchev–Trinajstić information content (AvgIpc) is 2.48. The molecule has 0 bridgehead atoms. The highest BCUT2D eigenvalue weighted by Gasteiger charge is 2.34. The zero-order valence-electron chi connectivity index (χ0n) is 11.6. The molecule has 0 N–H and O–H groups in total. The van der Waals surface area contributed by atoms with Gasteiger partial charge in [0.2, 0.25) is 0 Å². The van der Waals surface area contributed by atoms with Crippen LogP contribution in [-0.2, 0) is 6.42 Å². The Morgan fingerprint density at radius 2 is 1.79 bits per heavy atom. The maximum Gasteiger partial charge on any atom is 0.0404 e. The van der Waals surface area contributed by atoms with Gasteiger partial charge in [-0.05, 0) is 61.1 Å². The Hall–Kier alpha value is -0.560. The van der Waals surface area contributed by atoms with Gasteiger partial charge in [0.05, 0.1) is 0 Å². The van der Waals surface area contributed by atoms with Gasteiger partial charge in [-0.2, -0.15) is 0 Å². The van der Waals surface area contributed by atoms with Crippen molar-refractivity contribution in [1.29, 1.82) is 0 Å². The van der Waals surface area contributed by atoms with Crippen LogP contribution in [-0.4, -0.2) is 10.4 Å². The second-order valence-corrected chi connectivity index (χ2v) is 7.01. The third kappa shape index (κ3) is 3.31. The minimum Gasteiger partial charge on any atom is -0.265 e. The molecule has 0 aliphatic heterocycles. The van der Waals surface area contributed by atoms with Gasteiger partial charge in [0.25, 0.3) is 0 Å². The highest BCUT2D eigenvalue weighted by molar-refractivity contribution is 6.20. The lowest BCUT2D eigenvalue weighted by Gasteiger charge is -2.40. The summed E-state index contributed by atoms with van der Waals surface area (Å²) in [5.74, 6) is 2.73. The molecule has 2 saturated carbocycles. The summed E-state index contributed by atoms with van der Waals surface area (Å²) in [5, 5.41) is 0.310. The molecule has 19 heavy (non-hydrogen) atoms. The van der Waals surface area contributed by atoms with Crippen LogP contribution in [0.3, 0.4) is 0 Å². The molecule has 1 nitrogen and oxygen atoms in total. The van der Waals surface area contributed by atoms with Crippen molar-refractivity contribution >= 4 is 11.6 Å². The van der Waals surface area contributed by atoms with Crippen molar-refractivity contribution in [2.75, 3.05) is 0 Å². The number of hydrogen-bond acceptors (Lipinski definition) is 1. The van der Waals surface area contributed by atoms with Crippen molar-refractivity contribution in [2.45, 2.75) is 56.7 Å². The first kappa shape index (κ1) is 13.4. The molecule has 0 spiro atoms. The van der Waals surface area contributed by atoms with Crippen molar-refractivity contribution in [1.82, 2.24) is 4.98 Å². The highest BCUT2D eigenvalue weighted by atomic mass is 35.5. The van der Waals surface area contributed by atoms with E-state index >= 15 is 0 Å². The predicted molar refractivity (Wildman–Crippen MR) is 80.4 cm³/mol. The lowest BCUT2D eigenvalue weighted by molar-refractivity contribution is 0.127. The monoisotopic (exact) mass is 277 g/mol. The van der Waals surface area contributed by atoms with E-state index in [-0.39, 0.29) is 0 Å². The summed E-state index contributed by atoms with van der Waals surface area (Å²) in [5.41, 5.74) is 1.33. The van der Waals surface area contributed by atoms with E-state index < -0.39 is 0 Å². The number of hydrogen-bond donors (Lipinski definition) is 0. The van der Waals surface area contributed by atoms with Crippen molar-refractivity contribution in [3.05, 3.63) is 30.1 Å². The lowest BCUT2D eigenvalue weighted by atomic mass is 9.66. The van der Waals surface area contributed by atoms with E-state index in [1.165, 1.54) is 50.5 Å². The molecule has 2 fully saturated rings. The molecular weight excluding hydrogens is 254 g/mol. The van der Waals surface area contributed by atoms with Gasteiger partial charge >= 0.3 is 0 Å². The molecule has 2 aliphatic carbocycles. The third-order valence-corrected chi connectivity index (χ3v) is 5.78. The number of halogens is 1. The molecule has 1 aromatic heterocycles. The molecule has 2 aliphatic rings. The van der Waals surface area contributed by atoms with Crippen molar-refractivity contribution in [3.63, 3.8) is 0 Å². The first-order chi connectivity index (χ1) is 9.33. The van der Waals surface area contributed by atoms with E-state index in [1.54, 1.807) is 0 Å². The SMILES string of the molecule is ClC(Cc1ccncc1)C1CCC2CCCCC2C1. The lowest BCUT2D eigenvalue weighted by Crippen LogP contribution is -2.32. The van der Waals surface area contributed by atoms with Crippen LogP contribution in [0.25, 0.3) is 0 Å². The molecule has 4 unspecified atom stereocenters. The topological polar surface area (TPSA) is 12.9 Å². The smallest absolute Gasteiger partial charge is 0.0404 e. The summed E-state index contributed by atoms with van der Waals surface area (Å²) >= 11 is 6.70. The molecule has 104 valence electrons. The zero-order valence-corrected chi connectivity index (χ0v) is 12.4. The van der Waals surface area contributed by atoms with E-state index in [2.05, 4.69) is 17.1 Å². The number of nitrogens with zero attached hydrogens (tertiary/aromatic N) is 1. The predicted octanol–water partition coefficient (Wildman–Crippen LogP) is 4.84.